The van der Waals surface area contributed by atoms with Crippen molar-refractivity contribution in [2.45, 2.75) is 39.0 Å². The number of carbonyl (C=O) groups excluding carboxylic acids is 1. The molecule has 0 spiro atoms. The molecule has 1 aliphatic rings. The number of nitrogens with one attached hydrogen (secondary N) is 1. The molecule has 10 heteroatoms. The quantitative estimate of drug-likeness (QED) is 0.687. The second-order valence-electron chi connectivity index (χ2n) is 7.06. The minimum Gasteiger partial charge on any atom is -0.340 e. The van der Waals surface area contributed by atoms with Crippen LogP contribution in [-0.2, 0) is 24.8 Å². The minimum atomic E-state index is -3.70. The van der Waals surface area contributed by atoms with Crippen molar-refractivity contribution in [1.82, 2.24) is 13.9 Å². The molecule has 1 aliphatic heterocycles. The van der Waals surface area contributed by atoms with Crippen LogP contribution in [0.1, 0.15) is 30.0 Å². The highest BCUT2D eigenvalue weighted by Gasteiger charge is 2.27. The summed E-state index contributed by atoms with van der Waals surface area (Å²) in [5, 5.41) is 0. The Hall–Kier alpha value is -1.49. The van der Waals surface area contributed by atoms with E-state index < -0.39 is 20.0 Å². The van der Waals surface area contributed by atoms with E-state index in [1.807, 2.05) is 19.1 Å². The number of carbonyl (C=O) groups is 1. The lowest BCUT2D eigenvalue weighted by molar-refractivity contribution is -0.132. The van der Waals surface area contributed by atoms with Crippen LogP contribution in [0.15, 0.2) is 17.0 Å². The first-order valence-corrected chi connectivity index (χ1v) is 12.4. The van der Waals surface area contributed by atoms with Gasteiger partial charge in [0.15, 0.2) is 0 Å². The smallest absolute Gasteiger partial charge is 0.241 e. The molecule has 8 nitrogen and oxygen atoms in total. The first kappa shape index (κ1) is 22.8. The molecule has 0 saturated carbocycles. The standard InChI is InChI=1S/C18H29N3O5S2/c1-5-27(23,24)21-10-8-20(9-11-21)17(22)6-7-19-28(25,26)18-15(3)12-14(2)13-16(18)4/h12-13,19H,5-11H2,1-4H3. The molecular formula is C18H29N3O5S2. The molecule has 1 amide bonds. The van der Waals surface area contributed by atoms with E-state index >= 15 is 0 Å². The fourth-order valence-electron chi connectivity index (χ4n) is 3.51. The predicted molar refractivity (Wildman–Crippen MR) is 108 cm³/mol. The lowest BCUT2D eigenvalue weighted by Gasteiger charge is -2.33. The maximum atomic E-state index is 12.6. The Morgan fingerprint density at radius 3 is 2.04 bits per heavy atom. The molecule has 1 aromatic rings. The Kier molecular flexibility index (Phi) is 7.24. The molecular weight excluding hydrogens is 402 g/mol. The second-order valence-corrected chi connectivity index (χ2v) is 11.0. The van der Waals surface area contributed by atoms with Gasteiger partial charge in [0.1, 0.15) is 0 Å². The first-order valence-electron chi connectivity index (χ1n) is 9.31. The van der Waals surface area contributed by atoms with Crippen molar-refractivity contribution in [3.63, 3.8) is 0 Å². The van der Waals surface area contributed by atoms with Crippen LogP contribution < -0.4 is 4.72 Å². The van der Waals surface area contributed by atoms with Crippen molar-refractivity contribution in [2.75, 3.05) is 38.5 Å². The van der Waals surface area contributed by atoms with Crippen LogP contribution >= 0.6 is 0 Å². The number of benzene rings is 1. The molecule has 0 unspecified atom stereocenters. The summed E-state index contributed by atoms with van der Waals surface area (Å²) in [7, 11) is -6.95. The Bertz CT molecular complexity index is 911. The highest BCUT2D eigenvalue weighted by atomic mass is 32.2. The first-order chi connectivity index (χ1) is 13.0. The van der Waals surface area contributed by atoms with Crippen LogP contribution in [-0.4, -0.2) is 70.4 Å². The molecule has 158 valence electrons. The summed E-state index contributed by atoms with van der Waals surface area (Å²) in [6.45, 7) is 8.20. The molecule has 1 fully saturated rings. The van der Waals surface area contributed by atoms with E-state index in [0.29, 0.717) is 24.2 Å². The Balaban J connectivity index is 1.91. The van der Waals surface area contributed by atoms with E-state index in [-0.39, 0.29) is 42.6 Å². The van der Waals surface area contributed by atoms with E-state index in [1.165, 1.54) is 4.31 Å². The fraction of sp³-hybridized carbons (Fsp3) is 0.611. The number of aryl methyl sites for hydroxylation is 3. The van der Waals surface area contributed by atoms with Gasteiger partial charge in [0.05, 0.1) is 10.6 Å². The molecule has 0 radical (unpaired) electrons. The maximum Gasteiger partial charge on any atom is 0.241 e. The van der Waals surface area contributed by atoms with Gasteiger partial charge in [-0.25, -0.2) is 21.6 Å². The van der Waals surface area contributed by atoms with Crippen molar-refractivity contribution in [1.29, 1.82) is 0 Å². The summed E-state index contributed by atoms with van der Waals surface area (Å²) in [4.78, 5) is 14.2. The van der Waals surface area contributed by atoms with E-state index in [1.54, 1.807) is 25.7 Å². The lowest BCUT2D eigenvalue weighted by atomic mass is 10.1. The van der Waals surface area contributed by atoms with E-state index in [2.05, 4.69) is 4.72 Å². The minimum absolute atomic E-state index is 0.00138. The summed E-state index contributed by atoms with van der Waals surface area (Å²) < 4.78 is 52.9. The molecule has 1 aromatic carbocycles. The topological polar surface area (TPSA) is 104 Å². The Morgan fingerprint density at radius 2 is 1.54 bits per heavy atom. The largest absolute Gasteiger partial charge is 0.340 e. The third-order valence-corrected chi connectivity index (χ3v) is 8.50. The lowest BCUT2D eigenvalue weighted by Crippen LogP contribution is -2.51. The maximum absolute atomic E-state index is 12.6. The molecule has 0 aromatic heterocycles. The summed E-state index contributed by atoms with van der Waals surface area (Å²) in [5.74, 6) is -0.144. The average molecular weight is 432 g/mol. The average Bonchev–Trinajstić information content (AvgIpc) is 2.60. The monoisotopic (exact) mass is 431 g/mol. The molecule has 28 heavy (non-hydrogen) atoms. The number of sulfonamides is 2. The summed E-state index contributed by atoms with van der Waals surface area (Å²) >= 11 is 0. The van der Waals surface area contributed by atoms with Crippen LogP contribution in [0.25, 0.3) is 0 Å². The normalized spacial score (nSPS) is 16.4. The highest BCUT2D eigenvalue weighted by Crippen LogP contribution is 2.21. The number of nitrogens with zero attached hydrogens (tertiary/aromatic N) is 2. The second kappa shape index (κ2) is 8.89. The van der Waals surface area contributed by atoms with E-state index in [4.69, 9.17) is 0 Å². The third-order valence-electron chi connectivity index (χ3n) is 4.85. The van der Waals surface area contributed by atoms with Crippen LogP contribution in [0.3, 0.4) is 0 Å². The molecule has 0 aliphatic carbocycles. The van der Waals surface area contributed by atoms with Crippen molar-refractivity contribution >= 4 is 26.0 Å². The van der Waals surface area contributed by atoms with Gasteiger partial charge in [0.2, 0.25) is 26.0 Å². The Labute approximate surface area is 168 Å². The van der Waals surface area contributed by atoms with Crippen molar-refractivity contribution in [2.24, 2.45) is 0 Å². The number of hydrogen-bond donors (Lipinski definition) is 1. The third kappa shape index (κ3) is 5.31. The summed E-state index contributed by atoms with van der Waals surface area (Å²) in [6.07, 6.45) is 0.0315. The number of hydrogen-bond acceptors (Lipinski definition) is 5. The number of amides is 1. The van der Waals surface area contributed by atoms with Crippen LogP contribution in [0.5, 0.6) is 0 Å². The molecule has 1 saturated heterocycles. The Morgan fingerprint density at radius 1 is 1.00 bits per heavy atom. The molecule has 1 N–H and O–H groups in total. The van der Waals surface area contributed by atoms with Crippen LogP contribution in [0.2, 0.25) is 0 Å². The van der Waals surface area contributed by atoms with E-state index in [0.717, 1.165) is 5.56 Å². The van der Waals surface area contributed by atoms with Crippen molar-refractivity contribution < 1.29 is 21.6 Å². The number of piperazine rings is 1. The van der Waals surface area contributed by atoms with Gasteiger partial charge >= 0.3 is 0 Å². The van der Waals surface area contributed by atoms with Crippen LogP contribution in [0, 0.1) is 20.8 Å². The zero-order chi connectivity index (χ0) is 21.1. The summed E-state index contributed by atoms with van der Waals surface area (Å²) in [6, 6.07) is 3.63. The van der Waals surface area contributed by atoms with Gasteiger partial charge in [-0.3, -0.25) is 4.79 Å². The van der Waals surface area contributed by atoms with Gasteiger partial charge < -0.3 is 4.90 Å². The summed E-state index contributed by atoms with van der Waals surface area (Å²) in [5.41, 5.74) is 2.34. The van der Waals surface area contributed by atoms with Gasteiger partial charge in [-0.2, -0.15) is 4.31 Å². The molecule has 0 bridgehead atoms. The van der Waals surface area contributed by atoms with E-state index in [9.17, 15) is 21.6 Å². The van der Waals surface area contributed by atoms with Gasteiger partial charge in [0.25, 0.3) is 0 Å². The van der Waals surface area contributed by atoms with Gasteiger partial charge in [-0.15, -0.1) is 0 Å². The van der Waals surface area contributed by atoms with Crippen molar-refractivity contribution in [3.05, 3.63) is 28.8 Å². The van der Waals surface area contributed by atoms with Gasteiger partial charge in [-0.05, 0) is 38.8 Å². The van der Waals surface area contributed by atoms with Crippen LogP contribution in [0.4, 0.5) is 0 Å². The SMILES string of the molecule is CCS(=O)(=O)N1CCN(C(=O)CCNS(=O)(=O)c2c(C)cc(C)cc2C)CC1. The molecule has 0 atom stereocenters. The zero-order valence-electron chi connectivity index (χ0n) is 16.9. The fourth-order valence-corrected chi connectivity index (χ4v) is 6.08. The van der Waals surface area contributed by atoms with Crippen molar-refractivity contribution in [3.8, 4) is 0 Å². The highest BCUT2D eigenvalue weighted by molar-refractivity contribution is 7.89. The predicted octanol–water partition coefficient (Wildman–Crippen LogP) is 0.774. The van der Waals surface area contributed by atoms with Gasteiger partial charge in [0, 0.05) is 39.1 Å². The molecule has 1 heterocycles. The number of rotatable bonds is 7. The van der Waals surface area contributed by atoms with Gasteiger partial charge in [-0.1, -0.05) is 17.7 Å². The molecule has 2 rings (SSSR count). The zero-order valence-corrected chi connectivity index (χ0v) is 18.5.